The first-order chi connectivity index (χ1) is 9.50. The van der Waals surface area contributed by atoms with Gasteiger partial charge in [0, 0.05) is 38.7 Å². The Hall–Kier alpha value is -2.17. The summed E-state index contributed by atoms with van der Waals surface area (Å²) in [5, 5.41) is 4.29. The summed E-state index contributed by atoms with van der Waals surface area (Å²) >= 11 is 0. The molecule has 2 aromatic heterocycles. The molecule has 0 aliphatic heterocycles. The molecule has 0 N–H and O–H groups in total. The van der Waals surface area contributed by atoms with Crippen LogP contribution in [0.3, 0.4) is 0 Å². The molecule has 1 amide bonds. The van der Waals surface area contributed by atoms with Crippen LogP contribution in [0.5, 0.6) is 0 Å². The van der Waals surface area contributed by atoms with Crippen molar-refractivity contribution in [3.63, 3.8) is 0 Å². The van der Waals surface area contributed by atoms with E-state index in [2.05, 4.69) is 10.1 Å². The Balaban J connectivity index is 2.05. The number of aryl methyl sites for hydroxylation is 2. The van der Waals surface area contributed by atoms with Crippen molar-refractivity contribution in [3.8, 4) is 0 Å². The lowest BCUT2D eigenvalue weighted by Crippen LogP contribution is -2.29. The summed E-state index contributed by atoms with van der Waals surface area (Å²) in [5.74, 6) is 0.0298. The predicted molar refractivity (Wildman–Crippen MR) is 77.6 cm³/mol. The quantitative estimate of drug-likeness (QED) is 0.852. The number of rotatable bonds is 4. The van der Waals surface area contributed by atoms with Gasteiger partial charge in [-0.05, 0) is 38.0 Å². The molecule has 2 heterocycles. The molecule has 20 heavy (non-hydrogen) atoms. The van der Waals surface area contributed by atoms with E-state index in [4.69, 9.17) is 0 Å². The van der Waals surface area contributed by atoms with Crippen LogP contribution in [0.25, 0.3) is 0 Å². The summed E-state index contributed by atoms with van der Waals surface area (Å²) < 4.78 is 1.75. The van der Waals surface area contributed by atoms with Gasteiger partial charge in [0.15, 0.2) is 0 Å². The Morgan fingerprint density at radius 1 is 1.30 bits per heavy atom. The Bertz CT molecular complexity index is 604. The van der Waals surface area contributed by atoms with Crippen LogP contribution in [0, 0.1) is 13.8 Å². The lowest BCUT2D eigenvalue weighted by atomic mass is 10.1. The van der Waals surface area contributed by atoms with Gasteiger partial charge in [0.25, 0.3) is 5.91 Å². The third kappa shape index (κ3) is 2.87. The van der Waals surface area contributed by atoms with Crippen LogP contribution < -0.4 is 0 Å². The summed E-state index contributed by atoms with van der Waals surface area (Å²) in [5.41, 5.74) is 3.58. The van der Waals surface area contributed by atoms with E-state index in [-0.39, 0.29) is 5.91 Å². The zero-order valence-electron chi connectivity index (χ0n) is 12.4. The topological polar surface area (TPSA) is 51.0 Å². The molecule has 0 aliphatic carbocycles. The first-order valence-electron chi connectivity index (χ1n) is 6.65. The highest BCUT2D eigenvalue weighted by molar-refractivity contribution is 5.96. The van der Waals surface area contributed by atoms with Gasteiger partial charge in [-0.15, -0.1) is 0 Å². The van der Waals surface area contributed by atoms with E-state index in [9.17, 15) is 4.79 Å². The average molecular weight is 272 g/mol. The van der Waals surface area contributed by atoms with Crippen molar-refractivity contribution in [3.05, 3.63) is 47.0 Å². The lowest BCUT2D eigenvalue weighted by Gasteiger charge is -2.17. The number of likely N-dealkylation sites (N-methyl/N-ethyl adjacent to an activating group) is 1. The summed E-state index contributed by atoms with van der Waals surface area (Å²) in [6.07, 6.45) is 4.36. The molecular weight excluding hydrogens is 252 g/mol. The van der Waals surface area contributed by atoms with E-state index < -0.39 is 0 Å². The van der Waals surface area contributed by atoms with Crippen molar-refractivity contribution in [1.29, 1.82) is 0 Å². The molecule has 0 aliphatic rings. The van der Waals surface area contributed by atoms with E-state index in [1.165, 1.54) is 5.56 Å². The number of carbonyl (C=O) groups is 1. The Labute approximate surface area is 119 Å². The van der Waals surface area contributed by atoms with Gasteiger partial charge in [0.05, 0.1) is 11.3 Å². The fourth-order valence-corrected chi connectivity index (χ4v) is 2.22. The van der Waals surface area contributed by atoms with Gasteiger partial charge in [0.1, 0.15) is 0 Å². The third-order valence-corrected chi connectivity index (χ3v) is 3.55. The minimum absolute atomic E-state index is 0.0298. The second-order valence-corrected chi connectivity index (χ2v) is 5.00. The molecule has 2 rings (SSSR count). The Morgan fingerprint density at radius 2 is 1.95 bits per heavy atom. The molecular formula is C15H20N4O. The van der Waals surface area contributed by atoms with Crippen LogP contribution in [-0.2, 0) is 13.5 Å². The molecule has 5 nitrogen and oxygen atoms in total. The molecule has 0 atom stereocenters. The molecule has 0 saturated heterocycles. The Kier molecular flexibility index (Phi) is 4.17. The number of hydrogen-bond acceptors (Lipinski definition) is 3. The SMILES string of the molecule is Cc1nn(C)c(C)c1C(=O)N(C)CCc1ccncc1. The molecule has 0 bridgehead atoms. The maximum atomic E-state index is 12.5. The first-order valence-corrected chi connectivity index (χ1v) is 6.65. The van der Waals surface area contributed by atoms with Crippen LogP contribution >= 0.6 is 0 Å². The van der Waals surface area contributed by atoms with Gasteiger partial charge in [-0.25, -0.2) is 0 Å². The number of aromatic nitrogens is 3. The van der Waals surface area contributed by atoms with Gasteiger partial charge in [-0.1, -0.05) is 0 Å². The van der Waals surface area contributed by atoms with Gasteiger partial charge in [0.2, 0.25) is 0 Å². The number of carbonyl (C=O) groups excluding carboxylic acids is 1. The maximum absolute atomic E-state index is 12.5. The second-order valence-electron chi connectivity index (χ2n) is 5.00. The fraction of sp³-hybridized carbons (Fsp3) is 0.400. The third-order valence-electron chi connectivity index (χ3n) is 3.55. The van der Waals surface area contributed by atoms with Gasteiger partial charge >= 0.3 is 0 Å². The summed E-state index contributed by atoms with van der Waals surface area (Å²) in [6.45, 7) is 4.47. The molecule has 106 valence electrons. The van der Waals surface area contributed by atoms with Crippen molar-refractivity contribution in [2.75, 3.05) is 13.6 Å². The molecule has 0 unspecified atom stereocenters. The average Bonchev–Trinajstić information content (AvgIpc) is 2.70. The van der Waals surface area contributed by atoms with Crippen molar-refractivity contribution >= 4 is 5.91 Å². The van der Waals surface area contributed by atoms with Gasteiger partial charge in [-0.3, -0.25) is 14.5 Å². The monoisotopic (exact) mass is 272 g/mol. The molecule has 0 aromatic carbocycles. The van der Waals surface area contributed by atoms with Crippen LogP contribution in [0.15, 0.2) is 24.5 Å². The minimum Gasteiger partial charge on any atom is -0.341 e. The number of pyridine rings is 1. The predicted octanol–water partition coefficient (Wildman–Crippen LogP) is 1.75. The zero-order valence-corrected chi connectivity index (χ0v) is 12.4. The number of nitrogens with zero attached hydrogens (tertiary/aromatic N) is 4. The van der Waals surface area contributed by atoms with Gasteiger partial charge in [-0.2, -0.15) is 5.10 Å². The van der Waals surface area contributed by atoms with E-state index in [1.807, 2.05) is 40.1 Å². The van der Waals surface area contributed by atoms with Crippen LogP contribution in [-0.4, -0.2) is 39.2 Å². The van der Waals surface area contributed by atoms with E-state index >= 15 is 0 Å². The minimum atomic E-state index is 0.0298. The molecule has 2 aromatic rings. The van der Waals surface area contributed by atoms with Crippen LogP contribution in [0.1, 0.15) is 27.3 Å². The van der Waals surface area contributed by atoms with Crippen molar-refractivity contribution < 1.29 is 4.79 Å². The number of amides is 1. The first kappa shape index (κ1) is 14.2. The van der Waals surface area contributed by atoms with Crippen LogP contribution in [0.2, 0.25) is 0 Å². The van der Waals surface area contributed by atoms with E-state index in [1.54, 1.807) is 22.0 Å². The maximum Gasteiger partial charge on any atom is 0.257 e. The highest BCUT2D eigenvalue weighted by Crippen LogP contribution is 2.14. The van der Waals surface area contributed by atoms with Crippen molar-refractivity contribution in [2.24, 2.45) is 7.05 Å². The van der Waals surface area contributed by atoms with E-state index in [0.717, 1.165) is 17.8 Å². The molecule has 0 saturated carbocycles. The normalized spacial score (nSPS) is 10.6. The summed E-state index contributed by atoms with van der Waals surface area (Å²) in [6, 6.07) is 3.94. The van der Waals surface area contributed by atoms with Crippen LogP contribution in [0.4, 0.5) is 0 Å². The second kappa shape index (κ2) is 5.86. The van der Waals surface area contributed by atoms with Crippen molar-refractivity contribution in [1.82, 2.24) is 19.7 Å². The Morgan fingerprint density at radius 3 is 2.50 bits per heavy atom. The summed E-state index contributed by atoms with van der Waals surface area (Å²) in [4.78, 5) is 18.2. The fourth-order valence-electron chi connectivity index (χ4n) is 2.22. The molecule has 0 spiro atoms. The van der Waals surface area contributed by atoms with Gasteiger partial charge < -0.3 is 4.90 Å². The largest absolute Gasteiger partial charge is 0.341 e. The molecule has 0 radical (unpaired) electrons. The molecule has 0 fully saturated rings. The highest BCUT2D eigenvalue weighted by atomic mass is 16.2. The zero-order chi connectivity index (χ0) is 14.7. The lowest BCUT2D eigenvalue weighted by molar-refractivity contribution is 0.0795. The van der Waals surface area contributed by atoms with E-state index in [0.29, 0.717) is 12.1 Å². The number of hydrogen-bond donors (Lipinski definition) is 0. The highest BCUT2D eigenvalue weighted by Gasteiger charge is 2.20. The molecule has 5 heteroatoms. The summed E-state index contributed by atoms with van der Waals surface area (Å²) in [7, 11) is 3.69. The smallest absolute Gasteiger partial charge is 0.257 e. The van der Waals surface area contributed by atoms with Crippen molar-refractivity contribution in [2.45, 2.75) is 20.3 Å². The standard InChI is InChI=1S/C15H20N4O/c1-11-14(12(2)19(4)17-11)15(20)18(3)10-7-13-5-8-16-9-6-13/h5-6,8-9H,7,10H2,1-4H3.